The van der Waals surface area contributed by atoms with Crippen LogP contribution in [-0.4, -0.2) is 171 Å². The van der Waals surface area contributed by atoms with Crippen molar-refractivity contribution in [3.05, 3.63) is 156 Å². The van der Waals surface area contributed by atoms with Crippen LogP contribution in [-0.2, 0) is 73.4 Å². The van der Waals surface area contributed by atoms with Crippen molar-refractivity contribution in [2.24, 2.45) is 5.92 Å². The molecule has 2 heterocycles. The number of imide groups is 1. The number of carbonyl (C=O) groups is 2. The van der Waals surface area contributed by atoms with E-state index < -0.39 is 119 Å². The van der Waals surface area contributed by atoms with Gasteiger partial charge in [0.15, 0.2) is 6.29 Å². The number of nitrogens with zero attached hydrogens (tertiary/aromatic N) is 1. The number of aliphatic hydroxyl groups excluding tert-OH is 1. The van der Waals surface area contributed by atoms with E-state index in [2.05, 4.69) is 53.8 Å². The normalized spacial score (nSPS) is 19.8. The van der Waals surface area contributed by atoms with Crippen LogP contribution in [0.3, 0.4) is 0 Å². The summed E-state index contributed by atoms with van der Waals surface area (Å²) in [6.45, 7) is 18.2. The summed E-state index contributed by atoms with van der Waals surface area (Å²) in [6, 6.07) is 33.2. The Kier molecular flexibility index (Phi) is 38.5. The molecule has 2 aliphatic heterocycles. The Morgan fingerprint density at radius 3 is 1.69 bits per heavy atom. The van der Waals surface area contributed by atoms with E-state index in [9.17, 15) is 27.1 Å². The van der Waals surface area contributed by atoms with Crippen LogP contribution < -0.4 is 9.50 Å². The average molecular weight is 1470 g/mol. The third-order valence-electron chi connectivity index (χ3n) is 18.9. The van der Waals surface area contributed by atoms with Crippen molar-refractivity contribution in [2.45, 2.75) is 237 Å². The minimum atomic E-state index is -4.46. The number of nitrogens with one attached hydrogen (secondary N) is 1. The first kappa shape index (κ1) is 85.3. The summed E-state index contributed by atoms with van der Waals surface area (Å²) < 4.78 is 137. The number of aliphatic hydroxyl groups is 1. The molecule has 5 aromatic carbocycles. The fourth-order valence-corrected chi connectivity index (χ4v) is 14.0. The zero-order chi connectivity index (χ0) is 74.5. The number of hydrogen-bond donors (Lipinski definition) is 2. The molecule has 0 aromatic heterocycles. The maximum atomic E-state index is 15.3. The van der Waals surface area contributed by atoms with Crippen LogP contribution in [0.25, 0.3) is 11.1 Å². The second-order valence-corrected chi connectivity index (χ2v) is 28.7. The van der Waals surface area contributed by atoms with Gasteiger partial charge in [0.1, 0.15) is 72.5 Å². The third-order valence-corrected chi connectivity index (χ3v) is 20.1. The minimum Gasteiger partial charge on any atom is -0.447 e. The molecule has 2 aliphatic rings. The highest BCUT2D eigenvalue weighted by Gasteiger charge is 2.52. The molecule has 19 nitrogen and oxygen atoms in total. The van der Waals surface area contributed by atoms with Gasteiger partial charge in [-0.05, 0) is 147 Å². The molecular formula is C82H118F2N2O17S. The molecule has 22 heteroatoms. The molecule has 2 N–H and O–H groups in total. The molecule has 3 unspecified atom stereocenters. The number of hydrogen-bond acceptors (Lipinski definition) is 18. The Bertz CT molecular complexity index is 3270. The predicted octanol–water partition coefficient (Wildman–Crippen LogP) is 16.3. The highest BCUT2D eigenvalue weighted by Crippen LogP contribution is 2.39. The lowest BCUT2D eigenvalue weighted by Crippen LogP contribution is -2.63. The first-order chi connectivity index (χ1) is 50.6. The van der Waals surface area contributed by atoms with Crippen molar-refractivity contribution in [3.63, 3.8) is 0 Å². The van der Waals surface area contributed by atoms with Crippen molar-refractivity contribution in [3.8, 4) is 16.9 Å². The van der Waals surface area contributed by atoms with Gasteiger partial charge >= 0.3 is 16.2 Å². The molecule has 104 heavy (non-hydrogen) atoms. The summed E-state index contributed by atoms with van der Waals surface area (Å²) in [5.74, 6) is -3.08. The molecular weight excluding hydrogens is 1350 g/mol. The van der Waals surface area contributed by atoms with Gasteiger partial charge in [-0.2, -0.15) is 8.42 Å². The van der Waals surface area contributed by atoms with Crippen molar-refractivity contribution in [1.29, 1.82) is 0 Å². The topological polar surface area (TPSA) is 215 Å². The number of rotatable bonds is 53. The fourth-order valence-electron chi connectivity index (χ4n) is 12.8. The van der Waals surface area contributed by atoms with Gasteiger partial charge in [0.25, 0.3) is 0 Å². The van der Waals surface area contributed by atoms with Gasteiger partial charge in [0, 0.05) is 65.7 Å². The number of unbranched alkanes of at least 4 members (excludes halogenated alkanes) is 7. The molecule has 0 aliphatic carbocycles. The number of cyclic esters (lactones) is 1. The second kappa shape index (κ2) is 46.9. The van der Waals surface area contributed by atoms with E-state index in [-0.39, 0.29) is 45.0 Å². The number of carbonyl (C=O) groups excluding carboxylic acids is 2. The standard InChI is InChI=1S/C82H118F2N2O17S/c1-9-16-47-93-54-46-71(101-81-79(99-53-22-15-7)78(98-52-21-14-6)76(96-50-19-12-4)72(102-81)57-94-48-17-10-2)75(95-49-18-11-3)77(97-51-20-13-5)73(92-8)58-104(90,91)103-68-42-34-61(35-43-68)60-28-30-63(31-29-60)74(85-66-40-38-65(84)39-41-66)69(44-45-70(87)62-32-36-64(83)37-33-62)80(88)86-67(56-100-82(86)89)55-59-26-24-23-25-27-59/h23-43,67,69-79,81,85,87H,9-22,44-58H2,1-8H3/t67-,69+,70-,71+,72?,73-,74+,75?,76+,77+,78?,79-,81+/m0/s1. The molecule has 7 rings (SSSR count). The Hall–Kier alpha value is -5.99. The van der Waals surface area contributed by atoms with E-state index in [1.165, 1.54) is 48.4 Å². The SMILES string of the molecule is CCCCOCC[C@@H](O[C@@H]1OC(COCCCC)[C@@H](OCCCC)C(OCCCC)[C@@H]1OCCCC)C(OCCCC)[C@H](OCCCC)[C@H](CS(=O)(=O)Oc1ccc(-c2ccc([C@@H](Nc3ccc(F)cc3)[C@@H](CC[C@H](O)c3ccc(F)cc3)C(=O)N3C(=O)OC[C@@H]3Cc3ccccc3)cc2)cc1)OC. The molecule has 0 radical (unpaired) electrons. The smallest absolute Gasteiger partial charge is 0.416 e. The van der Waals surface area contributed by atoms with Crippen molar-refractivity contribution >= 4 is 27.8 Å². The van der Waals surface area contributed by atoms with Crippen molar-refractivity contribution in [1.82, 2.24) is 4.90 Å². The summed E-state index contributed by atoms with van der Waals surface area (Å²) in [5, 5.41) is 15.0. The molecule has 5 aromatic rings. The second-order valence-electron chi connectivity index (χ2n) is 27.1. The zero-order valence-electron chi connectivity index (χ0n) is 62.7. The van der Waals surface area contributed by atoms with E-state index in [1.54, 1.807) is 36.4 Å². The van der Waals surface area contributed by atoms with E-state index >= 15 is 4.79 Å². The summed E-state index contributed by atoms with van der Waals surface area (Å²) in [7, 11) is -3.01. The van der Waals surface area contributed by atoms with Gasteiger partial charge in [-0.3, -0.25) is 4.79 Å². The first-order valence-corrected chi connectivity index (χ1v) is 39.9. The summed E-state index contributed by atoms with van der Waals surface area (Å²) in [5.41, 5.74) is 3.88. The maximum absolute atomic E-state index is 15.3. The van der Waals surface area contributed by atoms with Crippen molar-refractivity contribution < 1.29 is 88.2 Å². The van der Waals surface area contributed by atoms with Gasteiger partial charge in [-0.1, -0.05) is 172 Å². The third kappa shape index (κ3) is 27.4. The number of methoxy groups -OCH3 is 1. The quantitative estimate of drug-likeness (QED) is 0.0273. The predicted molar refractivity (Wildman–Crippen MR) is 399 cm³/mol. The lowest BCUT2D eigenvalue weighted by molar-refractivity contribution is -0.341. The van der Waals surface area contributed by atoms with Gasteiger partial charge in [0.2, 0.25) is 5.91 Å². The van der Waals surface area contributed by atoms with E-state index in [0.717, 1.165) is 88.2 Å². The lowest BCUT2D eigenvalue weighted by atomic mass is 9.85. The van der Waals surface area contributed by atoms with Crippen LogP contribution in [0.15, 0.2) is 127 Å². The van der Waals surface area contributed by atoms with Crippen LogP contribution in [0.1, 0.15) is 186 Å². The molecule has 0 saturated carbocycles. The highest BCUT2D eigenvalue weighted by atomic mass is 32.2. The summed E-state index contributed by atoms with van der Waals surface area (Å²) in [4.78, 5) is 30.2. The van der Waals surface area contributed by atoms with Crippen LogP contribution in [0.5, 0.6) is 5.75 Å². The molecule has 2 saturated heterocycles. The molecule has 2 amide bonds. The lowest BCUT2D eigenvalue weighted by Gasteiger charge is -2.47. The van der Waals surface area contributed by atoms with Gasteiger partial charge in [0.05, 0.1) is 36.8 Å². The Morgan fingerprint density at radius 2 is 1.11 bits per heavy atom. The summed E-state index contributed by atoms with van der Waals surface area (Å²) in [6.07, 6.45) is 3.26. The molecule has 13 atom stereocenters. The van der Waals surface area contributed by atoms with E-state index in [1.807, 2.05) is 54.6 Å². The Labute approximate surface area is 618 Å². The number of amides is 2. The highest BCUT2D eigenvalue weighted by molar-refractivity contribution is 7.87. The van der Waals surface area contributed by atoms with Crippen LogP contribution in [0.4, 0.5) is 19.3 Å². The van der Waals surface area contributed by atoms with Crippen LogP contribution in [0, 0.1) is 17.6 Å². The zero-order valence-corrected chi connectivity index (χ0v) is 63.5. The van der Waals surface area contributed by atoms with Gasteiger partial charge in [-0.15, -0.1) is 0 Å². The average Bonchev–Trinajstić information content (AvgIpc) is 1.26. The fraction of sp³-hybridized carbons (Fsp3) is 0.610. The number of benzene rings is 5. The van der Waals surface area contributed by atoms with E-state index in [4.69, 9.17) is 56.3 Å². The van der Waals surface area contributed by atoms with Crippen molar-refractivity contribution in [2.75, 3.05) is 84.2 Å². The molecule has 2 fully saturated rings. The number of halogens is 2. The molecule has 578 valence electrons. The minimum absolute atomic E-state index is 0.0216. The Morgan fingerprint density at radius 1 is 0.587 bits per heavy atom. The summed E-state index contributed by atoms with van der Waals surface area (Å²) >= 11 is 0. The number of ether oxygens (including phenoxy) is 11. The van der Waals surface area contributed by atoms with Crippen LogP contribution >= 0.6 is 0 Å². The number of anilines is 1. The molecule has 0 bridgehead atoms. The largest absolute Gasteiger partial charge is 0.447 e. The monoisotopic (exact) mass is 1470 g/mol. The maximum Gasteiger partial charge on any atom is 0.416 e. The van der Waals surface area contributed by atoms with Crippen LogP contribution in [0.2, 0.25) is 0 Å². The first-order valence-electron chi connectivity index (χ1n) is 38.3. The van der Waals surface area contributed by atoms with Gasteiger partial charge in [-0.25, -0.2) is 18.5 Å². The van der Waals surface area contributed by atoms with E-state index in [0.29, 0.717) is 87.7 Å². The Balaban J connectivity index is 1.18. The molecule has 0 spiro atoms. The van der Waals surface area contributed by atoms with Gasteiger partial charge < -0.3 is 66.7 Å².